The fraction of sp³-hybridized carbons (Fsp3) is 0.360. The quantitative estimate of drug-likeness (QED) is 0.655. The van der Waals surface area contributed by atoms with Crippen LogP contribution in [0.1, 0.15) is 33.6 Å². The van der Waals surface area contributed by atoms with E-state index in [4.69, 9.17) is 4.74 Å². The van der Waals surface area contributed by atoms with E-state index in [-0.39, 0.29) is 5.91 Å². The summed E-state index contributed by atoms with van der Waals surface area (Å²) in [7, 11) is 1.65. The summed E-state index contributed by atoms with van der Waals surface area (Å²) in [5.41, 5.74) is 5.00. The summed E-state index contributed by atoms with van der Waals surface area (Å²) in [6.07, 6.45) is 0.981. The highest BCUT2D eigenvalue weighted by Crippen LogP contribution is 2.23. The molecule has 5 nitrogen and oxygen atoms in total. The molecular weight excluding hydrogens is 374 g/mol. The van der Waals surface area contributed by atoms with E-state index in [0.29, 0.717) is 5.56 Å². The number of amides is 1. The van der Waals surface area contributed by atoms with Gasteiger partial charge in [-0.05, 0) is 49.6 Å². The number of rotatable bonds is 4. The van der Waals surface area contributed by atoms with Crippen LogP contribution in [0, 0.1) is 13.8 Å². The van der Waals surface area contributed by atoms with Crippen molar-refractivity contribution in [1.29, 1.82) is 0 Å². The van der Waals surface area contributed by atoms with E-state index in [1.807, 2.05) is 36.1 Å². The Kier molecular flexibility index (Phi) is 6.00. The summed E-state index contributed by atoms with van der Waals surface area (Å²) in [5, 5.41) is 0.959. The van der Waals surface area contributed by atoms with Crippen molar-refractivity contribution in [1.82, 2.24) is 14.8 Å². The molecule has 1 amide bonds. The Morgan fingerprint density at radius 1 is 1.03 bits per heavy atom. The van der Waals surface area contributed by atoms with Gasteiger partial charge in [-0.3, -0.25) is 14.7 Å². The van der Waals surface area contributed by atoms with E-state index in [0.717, 1.165) is 61.5 Å². The van der Waals surface area contributed by atoms with Crippen LogP contribution in [0.2, 0.25) is 0 Å². The minimum absolute atomic E-state index is 0.0791. The fourth-order valence-electron chi connectivity index (χ4n) is 4.12. The summed E-state index contributed by atoms with van der Waals surface area (Å²) in [6, 6.07) is 16.3. The van der Waals surface area contributed by atoms with Crippen molar-refractivity contribution < 1.29 is 9.53 Å². The minimum atomic E-state index is 0.0791. The molecule has 0 unspecified atom stereocenters. The van der Waals surface area contributed by atoms with Crippen LogP contribution in [-0.2, 0) is 6.54 Å². The summed E-state index contributed by atoms with van der Waals surface area (Å²) in [5.74, 6) is 0.852. The number of carbonyl (C=O) groups excluding carboxylic acids is 1. The number of hydrogen-bond acceptors (Lipinski definition) is 4. The highest BCUT2D eigenvalue weighted by atomic mass is 16.5. The number of nitrogens with zero attached hydrogens (tertiary/aromatic N) is 3. The molecule has 1 saturated heterocycles. The molecule has 0 atom stereocenters. The second kappa shape index (κ2) is 8.84. The number of ether oxygens (including phenoxy) is 1. The number of aromatic nitrogens is 1. The van der Waals surface area contributed by atoms with Gasteiger partial charge in [0.25, 0.3) is 5.91 Å². The molecule has 1 aliphatic heterocycles. The molecule has 1 fully saturated rings. The molecule has 0 bridgehead atoms. The smallest absolute Gasteiger partial charge is 0.255 e. The number of aryl methyl sites for hydroxylation is 2. The van der Waals surface area contributed by atoms with Crippen LogP contribution in [0.25, 0.3) is 10.9 Å². The maximum absolute atomic E-state index is 13.3. The third-order valence-electron chi connectivity index (χ3n) is 5.98. The van der Waals surface area contributed by atoms with Crippen LogP contribution in [0.4, 0.5) is 0 Å². The van der Waals surface area contributed by atoms with E-state index in [1.54, 1.807) is 7.11 Å². The third-order valence-corrected chi connectivity index (χ3v) is 5.98. The monoisotopic (exact) mass is 403 g/mol. The summed E-state index contributed by atoms with van der Waals surface area (Å²) < 4.78 is 5.29. The van der Waals surface area contributed by atoms with Crippen LogP contribution in [0.5, 0.6) is 5.75 Å². The lowest BCUT2D eigenvalue weighted by atomic mass is 10.1. The van der Waals surface area contributed by atoms with E-state index >= 15 is 0 Å². The molecule has 4 rings (SSSR count). The van der Waals surface area contributed by atoms with Crippen molar-refractivity contribution in [3.63, 3.8) is 0 Å². The Morgan fingerprint density at radius 3 is 2.67 bits per heavy atom. The summed E-state index contributed by atoms with van der Waals surface area (Å²) in [4.78, 5) is 22.4. The standard InChI is InChI=1S/C25H29N3O2/c1-18-7-4-5-8-21(18)17-27-11-6-12-28(14-13-27)25(29)23-15-20-9-10-22(30-3)16-24(20)26-19(23)2/h4-5,7-10,15-16H,6,11-14,17H2,1-3H3. The first kappa shape index (κ1) is 20.4. The highest BCUT2D eigenvalue weighted by molar-refractivity contribution is 5.98. The number of methoxy groups -OCH3 is 1. The molecule has 0 N–H and O–H groups in total. The fourth-order valence-corrected chi connectivity index (χ4v) is 4.12. The SMILES string of the molecule is COc1ccc2cc(C(=O)N3CCCN(Cc4ccccc4C)CC3)c(C)nc2c1. The maximum atomic E-state index is 13.3. The zero-order chi connectivity index (χ0) is 21.1. The maximum Gasteiger partial charge on any atom is 0.255 e. The first-order chi connectivity index (χ1) is 14.5. The van der Waals surface area contributed by atoms with E-state index < -0.39 is 0 Å². The number of fused-ring (bicyclic) bond motifs is 1. The first-order valence-electron chi connectivity index (χ1n) is 10.6. The Labute approximate surface area is 178 Å². The molecule has 3 aromatic rings. The lowest BCUT2D eigenvalue weighted by Crippen LogP contribution is -2.35. The Hall–Kier alpha value is -2.92. The number of pyridine rings is 1. The van der Waals surface area contributed by atoms with Crippen LogP contribution >= 0.6 is 0 Å². The molecule has 5 heteroatoms. The van der Waals surface area contributed by atoms with Crippen LogP contribution in [0.3, 0.4) is 0 Å². The molecule has 156 valence electrons. The van der Waals surface area contributed by atoms with Crippen LogP contribution < -0.4 is 4.74 Å². The van der Waals surface area contributed by atoms with Crippen molar-refractivity contribution in [2.45, 2.75) is 26.8 Å². The van der Waals surface area contributed by atoms with Gasteiger partial charge in [0, 0.05) is 44.2 Å². The van der Waals surface area contributed by atoms with E-state index in [1.165, 1.54) is 11.1 Å². The molecule has 0 spiro atoms. The molecule has 1 aromatic heterocycles. The highest BCUT2D eigenvalue weighted by Gasteiger charge is 2.22. The topological polar surface area (TPSA) is 45.7 Å². The predicted octanol–water partition coefficient (Wildman–Crippen LogP) is 4.21. The Bertz CT molecular complexity index is 1060. The zero-order valence-electron chi connectivity index (χ0n) is 18.0. The summed E-state index contributed by atoms with van der Waals surface area (Å²) in [6.45, 7) is 8.42. The molecule has 1 aliphatic rings. The number of carbonyl (C=O) groups is 1. The van der Waals surface area contributed by atoms with Gasteiger partial charge in [-0.25, -0.2) is 0 Å². The van der Waals surface area contributed by atoms with Gasteiger partial charge in [-0.2, -0.15) is 0 Å². The van der Waals surface area contributed by atoms with Crippen molar-refractivity contribution >= 4 is 16.8 Å². The first-order valence-corrected chi connectivity index (χ1v) is 10.6. The van der Waals surface area contributed by atoms with E-state index in [2.05, 4.69) is 41.1 Å². The van der Waals surface area contributed by atoms with E-state index in [9.17, 15) is 4.79 Å². The van der Waals surface area contributed by atoms with Crippen molar-refractivity contribution in [3.05, 3.63) is 70.9 Å². The van der Waals surface area contributed by atoms with Crippen LogP contribution in [0.15, 0.2) is 48.5 Å². The van der Waals surface area contributed by atoms with Gasteiger partial charge in [0.15, 0.2) is 0 Å². The van der Waals surface area contributed by atoms with Gasteiger partial charge in [0.1, 0.15) is 5.75 Å². The van der Waals surface area contributed by atoms with Crippen molar-refractivity contribution in [2.24, 2.45) is 0 Å². The zero-order valence-corrected chi connectivity index (χ0v) is 18.0. The van der Waals surface area contributed by atoms with Crippen LogP contribution in [-0.4, -0.2) is 54.0 Å². The molecule has 30 heavy (non-hydrogen) atoms. The Morgan fingerprint density at radius 2 is 1.87 bits per heavy atom. The Balaban J connectivity index is 1.48. The van der Waals surface area contributed by atoms with Gasteiger partial charge in [0.2, 0.25) is 0 Å². The lowest BCUT2D eigenvalue weighted by Gasteiger charge is -2.23. The van der Waals surface area contributed by atoms with Gasteiger partial charge >= 0.3 is 0 Å². The largest absolute Gasteiger partial charge is 0.497 e. The lowest BCUT2D eigenvalue weighted by molar-refractivity contribution is 0.0760. The second-order valence-corrected chi connectivity index (χ2v) is 8.03. The summed E-state index contributed by atoms with van der Waals surface area (Å²) >= 11 is 0. The average molecular weight is 404 g/mol. The van der Waals surface area contributed by atoms with Gasteiger partial charge in [0.05, 0.1) is 23.9 Å². The predicted molar refractivity (Wildman–Crippen MR) is 120 cm³/mol. The molecule has 0 aliphatic carbocycles. The molecule has 2 aromatic carbocycles. The average Bonchev–Trinajstić information content (AvgIpc) is 2.99. The number of hydrogen-bond donors (Lipinski definition) is 0. The van der Waals surface area contributed by atoms with Gasteiger partial charge < -0.3 is 9.64 Å². The molecule has 0 saturated carbocycles. The van der Waals surface area contributed by atoms with Gasteiger partial charge in [-0.1, -0.05) is 24.3 Å². The second-order valence-electron chi connectivity index (χ2n) is 8.03. The molecule has 2 heterocycles. The third kappa shape index (κ3) is 4.31. The van der Waals surface area contributed by atoms with Gasteiger partial charge in [-0.15, -0.1) is 0 Å². The molecule has 0 radical (unpaired) electrons. The molecular formula is C25H29N3O2. The normalized spacial score (nSPS) is 15.2. The van der Waals surface area contributed by atoms with Crippen molar-refractivity contribution in [2.75, 3.05) is 33.3 Å². The van der Waals surface area contributed by atoms with Crippen molar-refractivity contribution in [3.8, 4) is 5.75 Å². The minimum Gasteiger partial charge on any atom is -0.497 e. The number of benzene rings is 2.